The Morgan fingerprint density at radius 3 is 2.73 bits per heavy atom. The number of hydrogen-bond acceptors (Lipinski definition) is 3. The molecule has 0 aromatic rings. The third kappa shape index (κ3) is 1.61. The molecule has 5 atom stereocenters. The molecular weight excluding hydrogens is 276 g/mol. The first-order chi connectivity index (χ1) is 10.4. The van der Waals surface area contributed by atoms with E-state index in [0.29, 0.717) is 17.3 Å². The Hall–Kier alpha value is -1.22. The molecule has 4 aliphatic carbocycles. The normalized spacial score (nSPS) is 47.3. The Balaban J connectivity index is 1.83. The molecule has 3 nitrogen and oxygen atoms in total. The van der Waals surface area contributed by atoms with Gasteiger partial charge in [-0.3, -0.25) is 0 Å². The van der Waals surface area contributed by atoms with E-state index in [0.717, 1.165) is 24.8 Å². The number of allylic oxidation sites excluding steroid dienone is 2. The number of aliphatic hydroxyl groups excluding tert-OH is 3. The molecule has 4 aliphatic rings. The topological polar surface area (TPSA) is 60.7 Å². The van der Waals surface area contributed by atoms with Crippen molar-refractivity contribution < 1.29 is 15.3 Å². The van der Waals surface area contributed by atoms with Crippen molar-refractivity contribution in [3.05, 3.63) is 34.8 Å². The Morgan fingerprint density at radius 1 is 1.18 bits per heavy atom. The van der Waals surface area contributed by atoms with Crippen LogP contribution in [0, 0.1) is 22.7 Å². The average molecular weight is 302 g/mol. The van der Waals surface area contributed by atoms with Gasteiger partial charge in [0.2, 0.25) is 0 Å². The van der Waals surface area contributed by atoms with Crippen LogP contribution < -0.4 is 0 Å². The zero-order chi connectivity index (χ0) is 15.7. The number of rotatable bonds is 0. The highest BCUT2D eigenvalue weighted by Gasteiger charge is 2.55. The lowest BCUT2D eigenvalue weighted by atomic mass is 9.52. The summed E-state index contributed by atoms with van der Waals surface area (Å²) in [6, 6.07) is 0. The monoisotopic (exact) mass is 302 g/mol. The third-order valence-corrected chi connectivity index (χ3v) is 7.13. The van der Waals surface area contributed by atoms with E-state index in [1.807, 2.05) is 6.92 Å². The van der Waals surface area contributed by atoms with Gasteiger partial charge in [-0.25, -0.2) is 0 Å². The molecule has 0 spiro atoms. The summed E-state index contributed by atoms with van der Waals surface area (Å²) in [6.07, 6.45) is 10.0. The van der Waals surface area contributed by atoms with Gasteiger partial charge in [0.05, 0.1) is 5.41 Å². The summed E-state index contributed by atoms with van der Waals surface area (Å²) < 4.78 is 0. The van der Waals surface area contributed by atoms with Crippen LogP contribution in [0.25, 0.3) is 0 Å². The van der Waals surface area contributed by atoms with E-state index in [4.69, 9.17) is 0 Å². The predicted molar refractivity (Wildman–Crippen MR) is 85.4 cm³/mol. The minimum absolute atomic E-state index is 0.0324. The number of hydrogen-bond donors (Lipinski definition) is 3. The molecule has 0 saturated heterocycles. The van der Waals surface area contributed by atoms with Gasteiger partial charge in [-0.1, -0.05) is 30.6 Å². The van der Waals surface area contributed by atoms with E-state index in [2.05, 4.69) is 13.0 Å². The van der Waals surface area contributed by atoms with E-state index in [1.54, 1.807) is 6.08 Å². The van der Waals surface area contributed by atoms with Crippen LogP contribution in [0.3, 0.4) is 0 Å². The van der Waals surface area contributed by atoms with Crippen LogP contribution in [-0.2, 0) is 0 Å². The second kappa shape index (κ2) is 4.41. The molecule has 2 fully saturated rings. The van der Waals surface area contributed by atoms with Gasteiger partial charge in [0.15, 0.2) is 5.76 Å². The van der Waals surface area contributed by atoms with Crippen molar-refractivity contribution in [2.24, 2.45) is 22.7 Å². The van der Waals surface area contributed by atoms with Crippen LogP contribution in [0.1, 0.15) is 52.4 Å². The summed E-state index contributed by atoms with van der Waals surface area (Å²) in [5, 5.41) is 30.6. The number of fused-ring (bicyclic) bond motifs is 5. The lowest BCUT2D eigenvalue weighted by Crippen LogP contribution is -2.44. The molecule has 0 radical (unpaired) electrons. The van der Waals surface area contributed by atoms with Crippen molar-refractivity contribution in [3.63, 3.8) is 0 Å². The van der Waals surface area contributed by atoms with Crippen molar-refractivity contribution in [1.82, 2.24) is 0 Å². The predicted octanol–water partition coefficient (Wildman–Crippen LogP) is 4.17. The summed E-state index contributed by atoms with van der Waals surface area (Å²) >= 11 is 0. The van der Waals surface area contributed by atoms with Crippen molar-refractivity contribution in [2.45, 2.75) is 58.5 Å². The fourth-order valence-electron chi connectivity index (χ4n) is 5.79. The van der Waals surface area contributed by atoms with E-state index in [1.165, 1.54) is 24.8 Å². The first-order valence-corrected chi connectivity index (χ1v) is 8.60. The second-order valence-corrected chi connectivity index (χ2v) is 8.16. The zero-order valence-electron chi connectivity index (χ0n) is 13.5. The molecule has 0 aromatic heterocycles. The molecule has 0 bridgehead atoms. The fourth-order valence-corrected chi connectivity index (χ4v) is 5.79. The second-order valence-electron chi connectivity index (χ2n) is 8.16. The summed E-state index contributed by atoms with van der Waals surface area (Å²) in [7, 11) is 0. The van der Waals surface area contributed by atoms with Crippen LogP contribution in [0.5, 0.6) is 0 Å². The Morgan fingerprint density at radius 2 is 1.95 bits per heavy atom. The molecular formula is C19H26O3. The molecule has 0 heterocycles. The molecule has 0 aliphatic heterocycles. The largest absolute Gasteiger partial charge is 0.507 e. The summed E-state index contributed by atoms with van der Waals surface area (Å²) in [6.45, 7) is 4.44. The van der Waals surface area contributed by atoms with Gasteiger partial charge >= 0.3 is 0 Å². The highest BCUT2D eigenvalue weighted by Crippen LogP contribution is 2.63. The standard InChI is InChI=1S/C19H26O3/c1-18-8-3-4-13(18)12-6-5-11-10-15(20)16(21)17(22)19(11,2)14(12)7-9-18/h7,10,12-13,15,20-22H,3-6,8-9H2,1-2H3/t12-,13-,15?,18-,19-/m0/s1. The summed E-state index contributed by atoms with van der Waals surface area (Å²) in [5.74, 6) is 0.906. The summed E-state index contributed by atoms with van der Waals surface area (Å²) in [4.78, 5) is 0. The fraction of sp³-hybridized carbons (Fsp3) is 0.684. The van der Waals surface area contributed by atoms with Gasteiger partial charge in [-0.2, -0.15) is 0 Å². The van der Waals surface area contributed by atoms with Crippen LogP contribution in [0.2, 0.25) is 0 Å². The molecule has 2 saturated carbocycles. The lowest BCUT2D eigenvalue weighted by Gasteiger charge is -2.52. The van der Waals surface area contributed by atoms with Crippen molar-refractivity contribution in [3.8, 4) is 0 Å². The van der Waals surface area contributed by atoms with Gasteiger partial charge in [0.25, 0.3) is 0 Å². The van der Waals surface area contributed by atoms with Gasteiger partial charge < -0.3 is 15.3 Å². The van der Waals surface area contributed by atoms with E-state index in [-0.39, 0.29) is 11.5 Å². The highest BCUT2D eigenvalue weighted by atomic mass is 16.3. The Labute approximate surface area is 132 Å². The smallest absolute Gasteiger partial charge is 0.164 e. The molecule has 1 unspecified atom stereocenters. The van der Waals surface area contributed by atoms with Crippen LogP contribution >= 0.6 is 0 Å². The Kier molecular flexibility index (Phi) is 2.88. The maximum atomic E-state index is 10.6. The van der Waals surface area contributed by atoms with Gasteiger partial charge in [-0.15, -0.1) is 0 Å². The van der Waals surface area contributed by atoms with Crippen LogP contribution in [-0.4, -0.2) is 21.4 Å². The maximum Gasteiger partial charge on any atom is 0.164 e. The van der Waals surface area contributed by atoms with Crippen molar-refractivity contribution >= 4 is 0 Å². The molecule has 3 N–H and O–H groups in total. The highest BCUT2D eigenvalue weighted by molar-refractivity contribution is 5.48. The molecule has 3 heteroatoms. The molecule has 0 amide bonds. The zero-order valence-corrected chi connectivity index (χ0v) is 13.5. The van der Waals surface area contributed by atoms with Gasteiger partial charge in [-0.05, 0) is 62.4 Å². The third-order valence-electron chi connectivity index (χ3n) is 7.13. The van der Waals surface area contributed by atoms with Gasteiger partial charge in [0, 0.05) is 0 Å². The van der Waals surface area contributed by atoms with E-state index < -0.39 is 11.5 Å². The minimum atomic E-state index is -1.06. The van der Waals surface area contributed by atoms with Crippen LogP contribution in [0.15, 0.2) is 34.8 Å². The maximum absolute atomic E-state index is 10.6. The van der Waals surface area contributed by atoms with Crippen LogP contribution in [0.4, 0.5) is 0 Å². The lowest BCUT2D eigenvalue weighted by molar-refractivity contribution is 0.102. The van der Waals surface area contributed by atoms with E-state index >= 15 is 0 Å². The minimum Gasteiger partial charge on any atom is -0.507 e. The van der Waals surface area contributed by atoms with Crippen molar-refractivity contribution in [2.75, 3.05) is 0 Å². The first-order valence-electron chi connectivity index (χ1n) is 8.60. The molecule has 4 rings (SSSR count). The molecule has 0 aromatic carbocycles. The average Bonchev–Trinajstić information content (AvgIpc) is 2.89. The quantitative estimate of drug-likeness (QED) is 0.589. The molecule has 120 valence electrons. The Bertz CT molecular complexity index is 614. The first kappa shape index (κ1) is 14.4. The van der Waals surface area contributed by atoms with E-state index in [9.17, 15) is 15.3 Å². The SMILES string of the molecule is C[C@@]12C(=CC(O)C(O)=C1O)CC[C@@H]1C2=CC[C@]2(C)CCC[C@@H]12. The molecule has 22 heavy (non-hydrogen) atoms. The van der Waals surface area contributed by atoms with Crippen molar-refractivity contribution in [1.29, 1.82) is 0 Å². The summed E-state index contributed by atoms with van der Waals surface area (Å²) in [5.41, 5.74) is 2.17. The number of aliphatic hydroxyl groups is 3. The van der Waals surface area contributed by atoms with Gasteiger partial charge in [0.1, 0.15) is 11.9 Å².